The standard InChI is InChI=1S/C17H17N5O2.CH2O2/c1-10-18-6-14(21-10)17(24)22-7-13(11-3-2-4-12(23)5-11)16-15(8-22)19-9-20-16;2-1-3/h2-6,9,13,23H,7-8H2,1H3,(H,18,21)(H,19,20);1H,(H,2,3). The molecule has 4 rings (SSSR count). The van der Waals surface area contributed by atoms with Crippen LogP contribution in [0.1, 0.15) is 39.2 Å². The van der Waals surface area contributed by atoms with Crippen molar-refractivity contribution in [2.45, 2.75) is 19.4 Å². The number of carbonyl (C=O) groups excluding carboxylic acids is 1. The van der Waals surface area contributed by atoms with Crippen molar-refractivity contribution in [2.75, 3.05) is 6.54 Å². The number of nitrogens with one attached hydrogen (secondary N) is 2. The number of amides is 1. The van der Waals surface area contributed by atoms with Gasteiger partial charge in [0.25, 0.3) is 12.4 Å². The summed E-state index contributed by atoms with van der Waals surface area (Å²) in [5.74, 6) is 0.737. The first-order chi connectivity index (χ1) is 13.0. The lowest BCUT2D eigenvalue weighted by Crippen LogP contribution is -2.39. The maximum atomic E-state index is 12.8. The van der Waals surface area contributed by atoms with E-state index in [9.17, 15) is 9.90 Å². The Morgan fingerprint density at radius 1 is 1.37 bits per heavy atom. The van der Waals surface area contributed by atoms with Crippen LogP contribution in [-0.4, -0.2) is 54.0 Å². The van der Waals surface area contributed by atoms with Gasteiger partial charge in [-0.2, -0.15) is 0 Å². The van der Waals surface area contributed by atoms with Gasteiger partial charge in [0.1, 0.15) is 17.3 Å². The highest BCUT2D eigenvalue weighted by Crippen LogP contribution is 2.33. The van der Waals surface area contributed by atoms with Crippen LogP contribution in [0.4, 0.5) is 0 Å². The number of H-pyrrole nitrogens is 2. The molecule has 140 valence electrons. The van der Waals surface area contributed by atoms with Crippen LogP contribution >= 0.6 is 0 Å². The molecule has 1 unspecified atom stereocenters. The lowest BCUT2D eigenvalue weighted by Gasteiger charge is -2.32. The number of phenols is 1. The molecule has 1 atom stereocenters. The second kappa shape index (κ2) is 7.73. The number of aromatic hydroxyl groups is 1. The number of aryl methyl sites for hydroxylation is 1. The minimum atomic E-state index is -0.250. The Hall–Kier alpha value is -3.62. The summed E-state index contributed by atoms with van der Waals surface area (Å²) in [6.45, 7) is 2.54. The van der Waals surface area contributed by atoms with Crippen LogP contribution in [0.5, 0.6) is 5.75 Å². The van der Waals surface area contributed by atoms with Gasteiger partial charge in [0.15, 0.2) is 0 Å². The van der Waals surface area contributed by atoms with E-state index in [0.29, 0.717) is 24.6 Å². The average Bonchev–Trinajstić information content (AvgIpc) is 3.29. The third-order valence-electron chi connectivity index (χ3n) is 4.33. The Labute approximate surface area is 154 Å². The molecular weight excluding hydrogens is 350 g/mol. The maximum Gasteiger partial charge on any atom is 0.290 e. The van der Waals surface area contributed by atoms with Gasteiger partial charge < -0.3 is 25.1 Å². The van der Waals surface area contributed by atoms with E-state index in [-0.39, 0.29) is 24.0 Å². The first kappa shape index (κ1) is 18.2. The monoisotopic (exact) mass is 369 g/mol. The van der Waals surface area contributed by atoms with E-state index in [0.717, 1.165) is 17.0 Å². The fraction of sp³-hybridized carbons (Fsp3) is 0.222. The molecule has 9 heteroatoms. The van der Waals surface area contributed by atoms with Gasteiger partial charge in [0.2, 0.25) is 0 Å². The molecule has 3 heterocycles. The topological polar surface area (TPSA) is 135 Å². The number of hydrogen-bond acceptors (Lipinski definition) is 5. The van der Waals surface area contributed by atoms with Gasteiger partial charge in [-0.25, -0.2) is 9.97 Å². The van der Waals surface area contributed by atoms with Gasteiger partial charge in [-0.05, 0) is 24.6 Å². The summed E-state index contributed by atoms with van der Waals surface area (Å²) in [7, 11) is 0. The Bertz CT molecular complexity index is 949. The predicted molar refractivity (Wildman–Crippen MR) is 95.3 cm³/mol. The van der Waals surface area contributed by atoms with Crippen molar-refractivity contribution in [2.24, 2.45) is 0 Å². The van der Waals surface area contributed by atoms with E-state index in [1.54, 1.807) is 35.6 Å². The van der Waals surface area contributed by atoms with Gasteiger partial charge in [-0.1, -0.05) is 12.1 Å². The Kier molecular flexibility index (Phi) is 5.20. The minimum absolute atomic E-state index is 0.0833. The minimum Gasteiger partial charge on any atom is -0.508 e. The molecule has 0 saturated heterocycles. The molecule has 4 N–H and O–H groups in total. The molecule has 1 aliphatic rings. The Morgan fingerprint density at radius 2 is 2.15 bits per heavy atom. The number of aromatic amines is 2. The normalized spacial score (nSPS) is 15.4. The van der Waals surface area contributed by atoms with Crippen LogP contribution in [-0.2, 0) is 11.3 Å². The number of aromatic nitrogens is 4. The Morgan fingerprint density at radius 3 is 2.81 bits per heavy atom. The number of rotatable bonds is 2. The summed E-state index contributed by atoms with van der Waals surface area (Å²) in [5.41, 5.74) is 3.25. The Balaban J connectivity index is 0.000000659. The SMILES string of the molecule is Cc1ncc(C(=O)N2Cc3[nH]cnc3C(c3cccc(O)c3)C2)[nH]1.O=CO. The van der Waals surface area contributed by atoms with Crippen LogP contribution in [0.2, 0.25) is 0 Å². The van der Waals surface area contributed by atoms with Crippen molar-refractivity contribution in [1.29, 1.82) is 0 Å². The molecule has 1 aromatic carbocycles. The highest BCUT2D eigenvalue weighted by atomic mass is 16.3. The summed E-state index contributed by atoms with van der Waals surface area (Å²) < 4.78 is 0. The molecule has 1 amide bonds. The first-order valence-electron chi connectivity index (χ1n) is 8.23. The molecule has 0 radical (unpaired) electrons. The number of benzene rings is 1. The molecule has 0 saturated carbocycles. The zero-order valence-corrected chi connectivity index (χ0v) is 14.6. The van der Waals surface area contributed by atoms with Crippen LogP contribution in [0.25, 0.3) is 0 Å². The number of carboxylic acid groups (broad SMARTS) is 1. The van der Waals surface area contributed by atoms with Crippen molar-refractivity contribution in [1.82, 2.24) is 24.8 Å². The highest BCUT2D eigenvalue weighted by molar-refractivity contribution is 5.92. The number of imidazole rings is 2. The lowest BCUT2D eigenvalue weighted by molar-refractivity contribution is -0.122. The molecule has 0 aliphatic carbocycles. The number of phenolic OH excluding ortho intramolecular Hbond substituents is 1. The van der Waals surface area contributed by atoms with Crippen LogP contribution in [0, 0.1) is 6.92 Å². The third-order valence-corrected chi connectivity index (χ3v) is 4.33. The second-order valence-electron chi connectivity index (χ2n) is 6.09. The van der Waals surface area contributed by atoms with Gasteiger partial charge in [-0.3, -0.25) is 9.59 Å². The summed E-state index contributed by atoms with van der Waals surface area (Å²) in [4.78, 5) is 37.5. The van der Waals surface area contributed by atoms with E-state index in [1.807, 2.05) is 13.0 Å². The van der Waals surface area contributed by atoms with E-state index < -0.39 is 0 Å². The fourth-order valence-electron chi connectivity index (χ4n) is 3.18. The number of carbonyl (C=O) groups is 2. The summed E-state index contributed by atoms with van der Waals surface area (Å²) >= 11 is 0. The van der Waals surface area contributed by atoms with E-state index in [4.69, 9.17) is 9.90 Å². The second-order valence-corrected chi connectivity index (χ2v) is 6.09. The zero-order valence-electron chi connectivity index (χ0n) is 14.6. The van der Waals surface area contributed by atoms with Crippen molar-refractivity contribution in [3.05, 3.63) is 65.3 Å². The van der Waals surface area contributed by atoms with Crippen molar-refractivity contribution < 1.29 is 19.8 Å². The van der Waals surface area contributed by atoms with Crippen molar-refractivity contribution >= 4 is 12.4 Å². The van der Waals surface area contributed by atoms with Gasteiger partial charge in [0, 0.05) is 12.5 Å². The zero-order chi connectivity index (χ0) is 19.4. The smallest absolute Gasteiger partial charge is 0.290 e. The van der Waals surface area contributed by atoms with Crippen LogP contribution < -0.4 is 0 Å². The molecule has 3 aromatic rings. The van der Waals surface area contributed by atoms with E-state index >= 15 is 0 Å². The number of hydrogen-bond donors (Lipinski definition) is 4. The number of nitrogens with zero attached hydrogens (tertiary/aromatic N) is 3. The van der Waals surface area contributed by atoms with Crippen molar-refractivity contribution in [3.63, 3.8) is 0 Å². The molecule has 9 nitrogen and oxygen atoms in total. The molecule has 0 spiro atoms. The molecule has 2 aromatic heterocycles. The van der Waals surface area contributed by atoms with Crippen LogP contribution in [0.3, 0.4) is 0 Å². The maximum absolute atomic E-state index is 12.8. The largest absolute Gasteiger partial charge is 0.508 e. The van der Waals surface area contributed by atoms with Crippen molar-refractivity contribution in [3.8, 4) is 5.75 Å². The fourth-order valence-corrected chi connectivity index (χ4v) is 3.18. The highest BCUT2D eigenvalue weighted by Gasteiger charge is 2.32. The first-order valence-corrected chi connectivity index (χ1v) is 8.23. The number of fused-ring (bicyclic) bond motifs is 1. The van der Waals surface area contributed by atoms with Crippen LogP contribution in [0.15, 0.2) is 36.8 Å². The van der Waals surface area contributed by atoms with Gasteiger partial charge in [0.05, 0.1) is 30.5 Å². The molecule has 0 bridgehead atoms. The predicted octanol–water partition coefficient (Wildman–Crippen LogP) is 1.64. The van der Waals surface area contributed by atoms with E-state index in [2.05, 4.69) is 19.9 Å². The van der Waals surface area contributed by atoms with E-state index in [1.165, 1.54) is 0 Å². The van der Waals surface area contributed by atoms with Gasteiger partial charge >= 0.3 is 0 Å². The summed E-state index contributed by atoms with van der Waals surface area (Å²) in [6, 6.07) is 7.10. The average molecular weight is 369 g/mol. The summed E-state index contributed by atoms with van der Waals surface area (Å²) in [5, 5.41) is 16.7. The van der Waals surface area contributed by atoms with Gasteiger partial charge in [-0.15, -0.1) is 0 Å². The molecular formula is C18H19N5O4. The molecule has 27 heavy (non-hydrogen) atoms. The molecule has 0 fully saturated rings. The molecule has 1 aliphatic heterocycles. The quantitative estimate of drug-likeness (QED) is 0.507. The summed E-state index contributed by atoms with van der Waals surface area (Å²) in [6.07, 6.45) is 3.21. The lowest BCUT2D eigenvalue weighted by atomic mass is 9.90. The third kappa shape index (κ3) is 3.81.